The molecule has 0 saturated heterocycles. The van der Waals surface area contributed by atoms with E-state index >= 15 is 0 Å². The molecule has 1 fully saturated rings. The topological polar surface area (TPSA) is 18.5 Å². The highest BCUT2D eigenvalue weighted by atomic mass is 16.7. The van der Waals surface area contributed by atoms with Crippen molar-refractivity contribution in [1.82, 2.24) is 0 Å². The van der Waals surface area contributed by atoms with Gasteiger partial charge in [0.1, 0.15) is 13.4 Å². The zero-order chi connectivity index (χ0) is 10.3. The minimum absolute atomic E-state index is 0.375. The maximum absolute atomic E-state index is 5.57. The molecule has 15 heavy (non-hydrogen) atoms. The van der Waals surface area contributed by atoms with Crippen molar-refractivity contribution in [2.75, 3.05) is 6.79 Å². The van der Waals surface area contributed by atoms with Crippen LogP contribution in [0.25, 0.3) is 0 Å². The lowest BCUT2D eigenvalue weighted by Gasteiger charge is -2.10. The number of ether oxygens (including phenoxy) is 2. The Balaban J connectivity index is 1.59. The van der Waals surface area contributed by atoms with Crippen LogP contribution in [0.1, 0.15) is 31.2 Å². The van der Waals surface area contributed by atoms with Crippen molar-refractivity contribution in [3.8, 4) is 0 Å². The molecule has 81 valence electrons. The Morgan fingerprint density at radius 3 is 2.60 bits per heavy atom. The monoisotopic (exact) mass is 205 g/mol. The first-order chi connectivity index (χ1) is 7.45. The lowest BCUT2D eigenvalue weighted by molar-refractivity contribution is -0.0634. The summed E-state index contributed by atoms with van der Waals surface area (Å²) >= 11 is 0. The number of hydrogen-bond acceptors (Lipinski definition) is 2. The predicted molar refractivity (Wildman–Crippen MR) is 59.1 cm³/mol. The van der Waals surface area contributed by atoms with E-state index in [1.165, 1.54) is 25.7 Å². The maximum atomic E-state index is 5.57. The summed E-state index contributed by atoms with van der Waals surface area (Å²) < 4.78 is 10.9. The summed E-state index contributed by atoms with van der Waals surface area (Å²) in [5.41, 5.74) is 1.08. The van der Waals surface area contributed by atoms with Crippen molar-refractivity contribution in [3.63, 3.8) is 0 Å². The highest BCUT2D eigenvalue weighted by Crippen LogP contribution is 2.20. The highest BCUT2D eigenvalue weighted by Gasteiger charge is 2.14. The van der Waals surface area contributed by atoms with Gasteiger partial charge in [0.25, 0.3) is 0 Å². The molecule has 1 saturated carbocycles. The Labute approximate surface area is 91.2 Å². The lowest BCUT2D eigenvalue weighted by Crippen LogP contribution is -2.10. The van der Waals surface area contributed by atoms with Crippen LogP contribution in [0.15, 0.2) is 30.3 Å². The minimum atomic E-state index is 0.375. The molecular formula is C13H17O2. The Morgan fingerprint density at radius 2 is 1.87 bits per heavy atom. The molecule has 0 heterocycles. The first-order valence-electron chi connectivity index (χ1n) is 5.56. The Hall–Kier alpha value is -0.860. The first kappa shape index (κ1) is 10.7. The molecule has 0 unspecified atom stereocenters. The van der Waals surface area contributed by atoms with Gasteiger partial charge in [0, 0.05) is 0 Å². The van der Waals surface area contributed by atoms with Gasteiger partial charge in [-0.2, -0.15) is 0 Å². The van der Waals surface area contributed by atoms with Crippen LogP contribution in [0.3, 0.4) is 0 Å². The second-order valence-electron chi connectivity index (χ2n) is 3.89. The SMILES string of the molecule is [CH](OCOC1CCCC1)c1ccccc1. The van der Waals surface area contributed by atoms with Crippen molar-refractivity contribution in [3.05, 3.63) is 42.5 Å². The van der Waals surface area contributed by atoms with Gasteiger partial charge >= 0.3 is 0 Å². The molecule has 1 aliphatic carbocycles. The fourth-order valence-electron chi connectivity index (χ4n) is 1.85. The molecule has 2 nitrogen and oxygen atoms in total. The van der Waals surface area contributed by atoms with Crippen molar-refractivity contribution in [2.45, 2.75) is 31.8 Å². The summed E-state index contributed by atoms with van der Waals surface area (Å²) in [6.07, 6.45) is 5.40. The van der Waals surface area contributed by atoms with Crippen LogP contribution in [0.5, 0.6) is 0 Å². The van der Waals surface area contributed by atoms with Gasteiger partial charge in [-0.1, -0.05) is 43.2 Å². The molecule has 1 radical (unpaired) electrons. The zero-order valence-corrected chi connectivity index (χ0v) is 8.89. The van der Waals surface area contributed by atoms with Gasteiger partial charge in [-0.3, -0.25) is 0 Å². The van der Waals surface area contributed by atoms with E-state index < -0.39 is 0 Å². The quantitative estimate of drug-likeness (QED) is 0.543. The van der Waals surface area contributed by atoms with E-state index in [0.29, 0.717) is 12.9 Å². The molecule has 2 rings (SSSR count). The summed E-state index contributed by atoms with van der Waals surface area (Å²) in [6.45, 7) is 2.12. The fraction of sp³-hybridized carbons (Fsp3) is 0.462. The average Bonchev–Trinajstić information content (AvgIpc) is 2.79. The van der Waals surface area contributed by atoms with Crippen molar-refractivity contribution < 1.29 is 9.47 Å². The highest BCUT2D eigenvalue weighted by molar-refractivity contribution is 5.19. The van der Waals surface area contributed by atoms with E-state index in [2.05, 4.69) is 0 Å². The van der Waals surface area contributed by atoms with Gasteiger partial charge in [-0.05, 0) is 18.4 Å². The van der Waals surface area contributed by atoms with Crippen LogP contribution in [-0.4, -0.2) is 12.9 Å². The second kappa shape index (κ2) is 5.89. The van der Waals surface area contributed by atoms with E-state index in [4.69, 9.17) is 9.47 Å². The van der Waals surface area contributed by atoms with Gasteiger partial charge in [0.05, 0.1) is 6.10 Å². The van der Waals surface area contributed by atoms with E-state index in [9.17, 15) is 0 Å². The molecule has 0 spiro atoms. The van der Waals surface area contributed by atoms with Crippen LogP contribution in [0.4, 0.5) is 0 Å². The van der Waals surface area contributed by atoms with Crippen molar-refractivity contribution in [2.24, 2.45) is 0 Å². The number of benzene rings is 1. The minimum Gasteiger partial charge on any atom is -0.352 e. The molecule has 1 aromatic rings. The zero-order valence-electron chi connectivity index (χ0n) is 8.89. The third kappa shape index (κ3) is 3.65. The molecular weight excluding hydrogens is 188 g/mol. The summed E-state index contributed by atoms with van der Waals surface area (Å²) in [5.74, 6) is 0. The van der Waals surface area contributed by atoms with Gasteiger partial charge in [-0.25, -0.2) is 0 Å². The van der Waals surface area contributed by atoms with Gasteiger partial charge in [0.15, 0.2) is 0 Å². The Morgan fingerprint density at radius 1 is 1.13 bits per heavy atom. The van der Waals surface area contributed by atoms with Crippen molar-refractivity contribution in [1.29, 1.82) is 0 Å². The maximum Gasteiger partial charge on any atom is 0.148 e. The first-order valence-corrected chi connectivity index (χ1v) is 5.56. The third-order valence-electron chi connectivity index (χ3n) is 2.69. The molecule has 0 amide bonds. The molecule has 0 aromatic heterocycles. The largest absolute Gasteiger partial charge is 0.352 e. The van der Waals surface area contributed by atoms with Gasteiger partial charge in [0.2, 0.25) is 0 Å². The van der Waals surface area contributed by atoms with E-state index in [1.54, 1.807) is 6.61 Å². The van der Waals surface area contributed by atoms with Crippen LogP contribution in [0.2, 0.25) is 0 Å². The molecule has 2 heteroatoms. The standard InChI is InChI=1S/C13H17O2/c1-2-6-12(7-3-1)10-14-11-15-13-8-4-5-9-13/h1-3,6-7,10,13H,4-5,8-9,11H2. The fourth-order valence-corrected chi connectivity index (χ4v) is 1.85. The molecule has 0 bridgehead atoms. The van der Waals surface area contributed by atoms with Gasteiger partial charge < -0.3 is 9.47 Å². The van der Waals surface area contributed by atoms with Gasteiger partial charge in [-0.15, -0.1) is 0 Å². The number of rotatable bonds is 5. The molecule has 0 aliphatic heterocycles. The molecule has 0 N–H and O–H groups in total. The Kier molecular flexibility index (Phi) is 4.18. The van der Waals surface area contributed by atoms with Crippen LogP contribution in [-0.2, 0) is 9.47 Å². The Bertz CT molecular complexity index is 265. The summed E-state index contributed by atoms with van der Waals surface area (Å²) in [4.78, 5) is 0. The molecule has 0 atom stereocenters. The predicted octanol–water partition coefficient (Wildman–Crippen LogP) is 3.13. The summed E-state index contributed by atoms with van der Waals surface area (Å²) in [6, 6.07) is 10.00. The molecule has 1 aliphatic rings. The van der Waals surface area contributed by atoms with E-state index in [0.717, 1.165) is 5.56 Å². The van der Waals surface area contributed by atoms with Crippen molar-refractivity contribution >= 4 is 0 Å². The van der Waals surface area contributed by atoms with E-state index in [-0.39, 0.29) is 0 Å². The summed E-state index contributed by atoms with van der Waals surface area (Å²) in [5, 5.41) is 0. The van der Waals surface area contributed by atoms with Crippen LogP contribution < -0.4 is 0 Å². The summed E-state index contributed by atoms with van der Waals surface area (Å²) in [7, 11) is 0. The average molecular weight is 205 g/mol. The normalized spacial score (nSPS) is 17.1. The van der Waals surface area contributed by atoms with Crippen LogP contribution >= 0.6 is 0 Å². The second-order valence-corrected chi connectivity index (χ2v) is 3.89. The lowest BCUT2D eigenvalue weighted by atomic mass is 10.2. The van der Waals surface area contributed by atoms with Crippen LogP contribution in [0, 0.1) is 6.61 Å². The third-order valence-corrected chi connectivity index (χ3v) is 2.69. The molecule has 1 aromatic carbocycles. The smallest absolute Gasteiger partial charge is 0.148 e. The van der Waals surface area contributed by atoms with E-state index in [1.807, 2.05) is 30.3 Å². The number of hydrogen-bond donors (Lipinski definition) is 0.